The van der Waals surface area contributed by atoms with E-state index in [0.717, 1.165) is 31.4 Å². The highest BCUT2D eigenvalue weighted by molar-refractivity contribution is 5.94. The van der Waals surface area contributed by atoms with Crippen molar-refractivity contribution in [2.45, 2.75) is 37.7 Å². The van der Waals surface area contributed by atoms with Crippen molar-refractivity contribution in [2.75, 3.05) is 13.2 Å². The second-order valence-corrected chi connectivity index (χ2v) is 7.58. The standard InChI is InChI=1S/C22H25F2NO4/c23-17-3-1-2-4-20(17)29-12-9-15-7-10-22(28,11-8-15)14-25-21(27)16-5-6-19(26)18(24)13-16/h1-6,13,15,26,28H,7-12,14H2,(H,25,27)/t15-,22-. The van der Waals surface area contributed by atoms with Crippen molar-refractivity contribution in [1.82, 2.24) is 5.32 Å². The van der Waals surface area contributed by atoms with E-state index in [1.54, 1.807) is 18.2 Å². The van der Waals surface area contributed by atoms with Crippen LogP contribution >= 0.6 is 0 Å². The number of amides is 1. The molecule has 0 atom stereocenters. The molecule has 0 spiro atoms. The number of aromatic hydroxyl groups is 1. The Labute approximate surface area is 168 Å². The number of carbonyl (C=O) groups is 1. The third kappa shape index (κ3) is 5.67. The monoisotopic (exact) mass is 405 g/mol. The molecule has 2 aromatic carbocycles. The molecular formula is C22H25F2NO4. The Balaban J connectivity index is 1.41. The normalized spacial score (nSPS) is 21.6. The lowest BCUT2D eigenvalue weighted by Crippen LogP contribution is -2.45. The van der Waals surface area contributed by atoms with E-state index in [0.29, 0.717) is 25.4 Å². The molecule has 0 heterocycles. The number of benzene rings is 2. The van der Waals surface area contributed by atoms with Gasteiger partial charge < -0.3 is 20.3 Å². The number of phenolic OH excluding ortho intramolecular Hbond substituents is 1. The van der Waals surface area contributed by atoms with Crippen LogP contribution in [-0.4, -0.2) is 34.9 Å². The fourth-order valence-corrected chi connectivity index (χ4v) is 3.57. The molecule has 1 aliphatic rings. The number of para-hydroxylation sites is 1. The van der Waals surface area contributed by atoms with E-state index in [1.165, 1.54) is 12.1 Å². The molecule has 7 heteroatoms. The number of carbonyl (C=O) groups excluding carboxylic acids is 1. The van der Waals surface area contributed by atoms with Gasteiger partial charge in [0.15, 0.2) is 23.1 Å². The average molecular weight is 405 g/mol. The molecule has 156 valence electrons. The molecule has 5 nitrogen and oxygen atoms in total. The molecule has 2 aromatic rings. The summed E-state index contributed by atoms with van der Waals surface area (Å²) in [5.41, 5.74) is -0.920. The first-order valence-corrected chi connectivity index (χ1v) is 9.73. The molecule has 1 fully saturated rings. The van der Waals surface area contributed by atoms with Crippen molar-refractivity contribution < 1.29 is 28.5 Å². The average Bonchev–Trinajstić information content (AvgIpc) is 2.71. The van der Waals surface area contributed by atoms with E-state index in [4.69, 9.17) is 4.74 Å². The Morgan fingerprint density at radius 3 is 2.55 bits per heavy atom. The second kappa shape index (κ2) is 9.22. The van der Waals surface area contributed by atoms with Gasteiger partial charge in [0, 0.05) is 12.1 Å². The van der Waals surface area contributed by atoms with E-state index in [9.17, 15) is 23.8 Å². The second-order valence-electron chi connectivity index (χ2n) is 7.58. The maximum Gasteiger partial charge on any atom is 0.251 e. The maximum absolute atomic E-state index is 13.5. The van der Waals surface area contributed by atoms with Crippen LogP contribution in [0.3, 0.4) is 0 Å². The number of aliphatic hydroxyl groups is 1. The van der Waals surface area contributed by atoms with E-state index in [-0.39, 0.29) is 23.7 Å². The van der Waals surface area contributed by atoms with Crippen molar-refractivity contribution in [2.24, 2.45) is 5.92 Å². The maximum atomic E-state index is 13.5. The molecule has 3 rings (SSSR count). The Morgan fingerprint density at radius 1 is 1.14 bits per heavy atom. The van der Waals surface area contributed by atoms with E-state index in [1.807, 2.05) is 0 Å². The fourth-order valence-electron chi connectivity index (χ4n) is 3.57. The lowest BCUT2D eigenvalue weighted by atomic mass is 9.77. The first-order chi connectivity index (χ1) is 13.9. The van der Waals surface area contributed by atoms with Gasteiger partial charge in [0.25, 0.3) is 5.91 Å². The van der Waals surface area contributed by atoms with Crippen LogP contribution in [-0.2, 0) is 0 Å². The van der Waals surface area contributed by atoms with Gasteiger partial charge >= 0.3 is 0 Å². The Hall–Kier alpha value is -2.67. The molecule has 29 heavy (non-hydrogen) atoms. The van der Waals surface area contributed by atoms with Crippen LogP contribution in [0.4, 0.5) is 8.78 Å². The summed E-state index contributed by atoms with van der Waals surface area (Å²) >= 11 is 0. The number of halogens is 2. The van der Waals surface area contributed by atoms with Crippen molar-refractivity contribution >= 4 is 5.91 Å². The highest BCUT2D eigenvalue weighted by atomic mass is 19.1. The summed E-state index contributed by atoms with van der Waals surface area (Å²) in [5, 5.41) is 22.5. The largest absolute Gasteiger partial charge is 0.505 e. The third-order valence-corrected chi connectivity index (χ3v) is 5.44. The molecule has 0 radical (unpaired) electrons. The lowest BCUT2D eigenvalue weighted by molar-refractivity contribution is -0.00980. The first-order valence-electron chi connectivity index (χ1n) is 9.73. The zero-order chi connectivity index (χ0) is 20.9. The molecule has 1 aliphatic carbocycles. The number of ether oxygens (including phenoxy) is 1. The van der Waals surface area contributed by atoms with Gasteiger partial charge in [-0.15, -0.1) is 0 Å². The molecule has 3 N–H and O–H groups in total. The number of nitrogens with one attached hydrogen (secondary N) is 1. The first kappa shape index (κ1) is 21.0. The summed E-state index contributed by atoms with van der Waals surface area (Å²) in [7, 11) is 0. The van der Waals surface area contributed by atoms with Gasteiger partial charge in [-0.05, 0) is 68.4 Å². The molecule has 1 amide bonds. The van der Waals surface area contributed by atoms with Gasteiger partial charge in [0.05, 0.1) is 12.2 Å². The minimum atomic E-state index is -1.01. The van der Waals surface area contributed by atoms with Crippen molar-refractivity contribution in [3.63, 3.8) is 0 Å². The van der Waals surface area contributed by atoms with E-state index >= 15 is 0 Å². The fraction of sp³-hybridized carbons (Fsp3) is 0.409. The Morgan fingerprint density at radius 2 is 1.86 bits per heavy atom. The summed E-state index contributed by atoms with van der Waals surface area (Å²) in [6, 6.07) is 9.69. The van der Waals surface area contributed by atoms with Crippen LogP contribution in [0, 0.1) is 17.6 Å². The van der Waals surface area contributed by atoms with Gasteiger partial charge in [-0.1, -0.05) is 12.1 Å². The predicted molar refractivity (Wildman–Crippen MR) is 104 cm³/mol. The molecular weight excluding hydrogens is 380 g/mol. The molecule has 0 bridgehead atoms. The van der Waals surface area contributed by atoms with Crippen LogP contribution in [0.2, 0.25) is 0 Å². The third-order valence-electron chi connectivity index (χ3n) is 5.44. The van der Waals surface area contributed by atoms with Gasteiger partial charge in [-0.25, -0.2) is 8.78 Å². The summed E-state index contributed by atoms with van der Waals surface area (Å²) in [6.45, 7) is 0.486. The van der Waals surface area contributed by atoms with Crippen LogP contribution in [0.1, 0.15) is 42.5 Å². The van der Waals surface area contributed by atoms with Crippen molar-refractivity contribution in [3.8, 4) is 11.5 Å². The highest BCUT2D eigenvalue weighted by Gasteiger charge is 2.33. The van der Waals surface area contributed by atoms with Gasteiger partial charge in [0.2, 0.25) is 0 Å². The van der Waals surface area contributed by atoms with Crippen molar-refractivity contribution in [3.05, 3.63) is 59.7 Å². The van der Waals surface area contributed by atoms with Gasteiger partial charge in [-0.3, -0.25) is 4.79 Å². The van der Waals surface area contributed by atoms with Crippen LogP contribution in [0.5, 0.6) is 11.5 Å². The van der Waals surface area contributed by atoms with Gasteiger partial charge in [-0.2, -0.15) is 0 Å². The Bertz CT molecular complexity index is 850. The van der Waals surface area contributed by atoms with Crippen LogP contribution in [0.15, 0.2) is 42.5 Å². The SMILES string of the molecule is O=C(NC[C@]1(O)CC[C@H](CCOc2ccccc2F)CC1)c1ccc(O)c(F)c1. The smallest absolute Gasteiger partial charge is 0.251 e. The zero-order valence-electron chi connectivity index (χ0n) is 16.0. The van der Waals surface area contributed by atoms with Crippen LogP contribution < -0.4 is 10.1 Å². The number of rotatable bonds is 7. The molecule has 0 aliphatic heterocycles. The van der Waals surface area contributed by atoms with Crippen molar-refractivity contribution in [1.29, 1.82) is 0 Å². The minimum Gasteiger partial charge on any atom is -0.505 e. The lowest BCUT2D eigenvalue weighted by Gasteiger charge is -2.36. The number of phenols is 1. The summed E-state index contributed by atoms with van der Waals surface area (Å²) < 4.78 is 32.4. The molecule has 1 saturated carbocycles. The van der Waals surface area contributed by atoms with E-state index < -0.39 is 23.1 Å². The molecule has 0 saturated heterocycles. The van der Waals surface area contributed by atoms with Gasteiger partial charge in [0.1, 0.15) is 0 Å². The van der Waals surface area contributed by atoms with E-state index in [2.05, 4.69) is 5.32 Å². The molecule has 0 aromatic heterocycles. The molecule has 0 unspecified atom stereocenters. The summed E-state index contributed by atoms with van der Waals surface area (Å²) in [4.78, 5) is 12.1. The number of hydrogen-bond acceptors (Lipinski definition) is 4. The predicted octanol–water partition coefficient (Wildman–Crippen LogP) is 3.79. The number of hydrogen-bond donors (Lipinski definition) is 3. The Kier molecular flexibility index (Phi) is 6.69. The quantitative estimate of drug-likeness (QED) is 0.655. The minimum absolute atomic E-state index is 0.0762. The summed E-state index contributed by atoms with van der Waals surface area (Å²) in [6.07, 6.45) is 3.38. The zero-order valence-corrected chi connectivity index (χ0v) is 16.0. The topological polar surface area (TPSA) is 78.8 Å². The van der Waals surface area contributed by atoms with Crippen LogP contribution in [0.25, 0.3) is 0 Å². The summed E-state index contributed by atoms with van der Waals surface area (Å²) in [5.74, 6) is -1.66. The highest BCUT2D eigenvalue weighted by Crippen LogP contribution is 2.33.